The summed E-state index contributed by atoms with van der Waals surface area (Å²) in [6.07, 6.45) is 6.47. The van der Waals surface area contributed by atoms with E-state index in [4.69, 9.17) is 9.47 Å². The fraction of sp³-hybridized carbons (Fsp3) is 0.708. The number of rotatable bonds is 8. The summed E-state index contributed by atoms with van der Waals surface area (Å²) in [5.41, 5.74) is 1.44. The Hall–Kier alpha value is -1.83. The van der Waals surface area contributed by atoms with E-state index in [2.05, 4.69) is 51.7 Å². The molecule has 0 amide bonds. The minimum atomic E-state index is 0.216. The summed E-state index contributed by atoms with van der Waals surface area (Å²) >= 11 is 0. The lowest BCUT2D eigenvalue weighted by molar-refractivity contribution is -0.0352. The molecule has 2 fully saturated rings. The van der Waals surface area contributed by atoms with Crippen molar-refractivity contribution in [2.45, 2.75) is 43.7 Å². The predicted molar refractivity (Wildman–Crippen MR) is 127 cm³/mol. The van der Waals surface area contributed by atoms with E-state index in [9.17, 15) is 0 Å². The van der Waals surface area contributed by atoms with Crippen molar-refractivity contribution in [2.75, 3.05) is 67.6 Å². The zero-order valence-electron chi connectivity index (χ0n) is 19.8. The lowest BCUT2D eigenvalue weighted by atomic mass is 9.80. The Balaban J connectivity index is 1.61. The van der Waals surface area contributed by atoms with Crippen LogP contribution in [0.15, 0.2) is 29.3 Å². The first-order valence-corrected chi connectivity index (χ1v) is 11.7. The van der Waals surface area contributed by atoms with Crippen LogP contribution in [0.3, 0.4) is 0 Å². The Morgan fingerprint density at radius 2 is 1.94 bits per heavy atom. The first-order valence-electron chi connectivity index (χ1n) is 11.7. The van der Waals surface area contributed by atoms with Crippen molar-refractivity contribution >= 4 is 5.96 Å². The van der Waals surface area contributed by atoms with Gasteiger partial charge in [0.25, 0.3) is 0 Å². The molecule has 174 valence electrons. The minimum absolute atomic E-state index is 0.216. The van der Waals surface area contributed by atoms with Gasteiger partial charge in [0, 0.05) is 38.8 Å². The molecule has 0 radical (unpaired) electrons. The zero-order valence-corrected chi connectivity index (χ0v) is 19.8. The number of aliphatic imine (C=N–C) groups is 1. The van der Waals surface area contributed by atoms with E-state index in [0.717, 1.165) is 51.1 Å². The largest absolute Gasteiger partial charge is 0.497 e. The molecule has 1 atom stereocenters. The minimum Gasteiger partial charge on any atom is -0.497 e. The highest BCUT2D eigenvalue weighted by Crippen LogP contribution is 2.33. The molecule has 1 heterocycles. The van der Waals surface area contributed by atoms with Crippen molar-refractivity contribution < 1.29 is 9.47 Å². The van der Waals surface area contributed by atoms with E-state index in [1.807, 2.05) is 19.2 Å². The van der Waals surface area contributed by atoms with Gasteiger partial charge >= 0.3 is 0 Å². The molecule has 3 rings (SSSR count). The zero-order chi connectivity index (χ0) is 22.1. The summed E-state index contributed by atoms with van der Waals surface area (Å²) in [6.45, 7) is 5.46. The molecule has 0 spiro atoms. The molecule has 1 unspecified atom stereocenters. The van der Waals surface area contributed by atoms with E-state index in [1.54, 1.807) is 7.11 Å². The molecule has 1 aliphatic carbocycles. The van der Waals surface area contributed by atoms with Crippen LogP contribution in [0.1, 0.15) is 43.7 Å². The van der Waals surface area contributed by atoms with Crippen molar-refractivity contribution in [2.24, 2.45) is 4.99 Å². The predicted octanol–water partition coefficient (Wildman–Crippen LogP) is 2.50. The van der Waals surface area contributed by atoms with Gasteiger partial charge in [-0.25, -0.2) is 0 Å². The van der Waals surface area contributed by atoms with Crippen molar-refractivity contribution in [1.82, 2.24) is 20.4 Å². The van der Waals surface area contributed by atoms with Crippen LogP contribution < -0.4 is 15.4 Å². The van der Waals surface area contributed by atoms with Gasteiger partial charge in [-0.1, -0.05) is 31.4 Å². The Morgan fingerprint density at radius 1 is 1.19 bits per heavy atom. The molecular formula is C24H41N5O2. The third-order valence-electron chi connectivity index (χ3n) is 6.84. The van der Waals surface area contributed by atoms with Crippen LogP contribution in [-0.2, 0) is 4.74 Å². The molecule has 1 aliphatic heterocycles. The number of morpholine rings is 1. The number of hydrogen-bond donors (Lipinski definition) is 2. The fourth-order valence-corrected chi connectivity index (χ4v) is 4.96. The Labute approximate surface area is 188 Å². The van der Waals surface area contributed by atoms with Crippen LogP contribution in [0.2, 0.25) is 0 Å². The summed E-state index contributed by atoms with van der Waals surface area (Å²) in [5.74, 6) is 1.75. The molecule has 0 aromatic heterocycles. The summed E-state index contributed by atoms with van der Waals surface area (Å²) in [7, 11) is 7.78. The molecule has 1 saturated carbocycles. The van der Waals surface area contributed by atoms with Gasteiger partial charge in [-0.15, -0.1) is 0 Å². The number of nitrogens with zero attached hydrogens (tertiary/aromatic N) is 3. The van der Waals surface area contributed by atoms with Crippen molar-refractivity contribution in [3.8, 4) is 5.75 Å². The van der Waals surface area contributed by atoms with Crippen LogP contribution in [0.5, 0.6) is 5.75 Å². The van der Waals surface area contributed by atoms with Gasteiger partial charge in [0.2, 0.25) is 0 Å². The molecule has 1 aromatic carbocycles. The number of methoxy groups -OCH3 is 1. The highest BCUT2D eigenvalue weighted by atomic mass is 16.5. The molecule has 7 nitrogen and oxygen atoms in total. The van der Waals surface area contributed by atoms with Crippen LogP contribution in [0.4, 0.5) is 0 Å². The molecule has 0 bridgehead atoms. The van der Waals surface area contributed by atoms with Gasteiger partial charge in [-0.3, -0.25) is 9.89 Å². The summed E-state index contributed by atoms with van der Waals surface area (Å²) in [5, 5.41) is 7.22. The van der Waals surface area contributed by atoms with Crippen molar-refractivity contribution in [3.63, 3.8) is 0 Å². The third kappa shape index (κ3) is 6.34. The second kappa shape index (κ2) is 11.7. The Bertz CT molecular complexity index is 697. The second-order valence-electron chi connectivity index (χ2n) is 8.95. The standard InChI is InChI=1S/C24H41N5O2/c1-25-23(26-18-22(28(2)3)20-9-8-10-21(17-20)30-4)27-19-24(11-6-5-7-12-24)29-13-15-31-16-14-29/h8-10,17,22H,5-7,11-16,18-19H2,1-4H3,(H2,25,26,27). The maximum Gasteiger partial charge on any atom is 0.191 e. The van der Waals surface area contributed by atoms with Gasteiger partial charge < -0.3 is 25.0 Å². The number of likely N-dealkylation sites (N-methyl/N-ethyl adjacent to an activating group) is 1. The molecular weight excluding hydrogens is 390 g/mol. The molecule has 31 heavy (non-hydrogen) atoms. The molecule has 2 N–H and O–H groups in total. The van der Waals surface area contributed by atoms with Crippen molar-refractivity contribution in [3.05, 3.63) is 29.8 Å². The number of hydrogen-bond acceptors (Lipinski definition) is 5. The first kappa shape index (κ1) is 23.8. The Morgan fingerprint density at radius 3 is 2.58 bits per heavy atom. The van der Waals surface area contributed by atoms with Gasteiger partial charge in [0.1, 0.15) is 5.75 Å². The second-order valence-corrected chi connectivity index (χ2v) is 8.95. The van der Waals surface area contributed by atoms with E-state index in [1.165, 1.54) is 37.7 Å². The van der Waals surface area contributed by atoms with Crippen LogP contribution in [0, 0.1) is 0 Å². The molecule has 1 aromatic rings. The number of nitrogens with one attached hydrogen (secondary N) is 2. The quantitative estimate of drug-likeness (QED) is 0.487. The average molecular weight is 432 g/mol. The van der Waals surface area contributed by atoms with Crippen LogP contribution >= 0.6 is 0 Å². The third-order valence-corrected chi connectivity index (χ3v) is 6.84. The van der Waals surface area contributed by atoms with E-state index >= 15 is 0 Å². The lowest BCUT2D eigenvalue weighted by Crippen LogP contribution is -2.60. The smallest absolute Gasteiger partial charge is 0.191 e. The number of guanidine groups is 1. The summed E-state index contributed by atoms with van der Waals surface area (Å²) in [6, 6.07) is 8.52. The maximum absolute atomic E-state index is 5.62. The number of benzene rings is 1. The summed E-state index contributed by atoms with van der Waals surface area (Å²) < 4.78 is 11.0. The topological polar surface area (TPSA) is 61.4 Å². The number of ether oxygens (including phenoxy) is 2. The highest BCUT2D eigenvalue weighted by Gasteiger charge is 2.38. The molecule has 1 saturated heterocycles. The van der Waals surface area contributed by atoms with Gasteiger partial charge in [-0.05, 0) is 44.6 Å². The average Bonchev–Trinajstić information content (AvgIpc) is 2.82. The SMILES string of the molecule is CN=C(NCC(c1cccc(OC)c1)N(C)C)NCC1(N2CCOCC2)CCCCC1. The van der Waals surface area contributed by atoms with Crippen LogP contribution in [0.25, 0.3) is 0 Å². The normalized spacial score (nSPS) is 21.0. The van der Waals surface area contributed by atoms with E-state index in [0.29, 0.717) is 0 Å². The molecule has 7 heteroatoms. The maximum atomic E-state index is 5.62. The van der Waals surface area contributed by atoms with E-state index in [-0.39, 0.29) is 11.6 Å². The highest BCUT2D eigenvalue weighted by molar-refractivity contribution is 5.79. The lowest BCUT2D eigenvalue weighted by Gasteiger charge is -2.48. The molecule has 2 aliphatic rings. The van der Waals surface area contributed by atoms with Gasteiger partial charge in [0.15, 0.2) is 5.96 Å². The van der Waals surface area contributed by atoms with E-state index < -0.39 is 0 Å². The first-order chi connectivity index (χ1) is 15.1. The van der Waals surface area contributed by atoms with Gasteiger partial charge in [0.05, 0.1) is 26.4 Å². The van der Waals surface area contributed by atoms with Crippen LogP contribution in [-0.4, -0.2) is 88.9 Å². The fourth-order valence-electron chi connectivity index (χ4n) is 4.96. The Kier molecular flexibility index (Phi) is 8.99. The van der Waals surface area contributed by atoms with Crippen molar-refractivity contribution in [1.29, 1.82) is 0 Å². The summed E-state index contributed by atoms with van der Waals surface area (Å²) in [4.78, 5) is 9.40. The van der Waals surface area contributed by atoms with Gasteiger partial charge in [-0.2, -0.15) is 0 Å². The monoisotopic (exact) mass is 431 g/mol.